The zero-order valence-corrected chi connectivity index (χ0v) is 12.4. The number of H-pyrrole nitrogens is 1. The number of nitrogens with zero attached hydrogens (tertiary/aromatic N) is 2. The van der Waals surface area contributed by atoms with E-state index in [0.717, 1.165) is 11.4 Å². The molecule has 2 rings (SSSR count). The predicted molar refractivity (Wildman–Crippen MR) is 82.9 cm³/mol. The molecule has 0 atom stereocenters. The smallest absolute Gasteiger partial charge is 0.260 e. The van der Waals surface area contributed by atoms with Gasteiger partial charge in [-0.3, -0.25) is 4.79 Å². The summed E-state index contributed by atoms with van der Waals surface area (Å²) in [7, 11) is 1.70. The molecule has 1 amide bonds. The van der Waals surface area contributed by atoms with E-state index in [1.165, 1.54) is 0 Å². The molecular formula is C14H16N4O2S. The summed E-state index contributed by atoms with van der Waals surface area (Å²) in [5.74, 6) is 1.19. The van der Waals surface area contributed by atoms with Gasteiger partial charge in [0.15, 0.2) is 6.61 Å². The molecule has 0 radical (unpaired) electrons. The highest BCUT2D eigenvalue weighted by atomic mass is 32.1. The Labute approximate surface area is 127 Å². The Kier molecular flexibility index (Phi) is 4.89. The zero-order chi connectivity index (χ0) is 15.2. The van der Waals surface area contributed by atoms with Crippen LogP contribution < -0.4 is 10.5 Å². The first-order chi connectivity index (χ1) is 10.1. The van der Waals surface area contributed by atoms with Gasteiger partial charge in [-0.15, -0.1) is 0 Å². The minimum absolute atomic E-state index is 0.0381. The highest BCUT2D eigenvalue weighted by molar-refractivity contribution is 7.80. The Balaban J connectivity index is 1.84. The minimum Gasteiger partial charge on any atom is -0.484 e. The van der Waals surface area contributed by atoms with Crippen molar-refractivity contribution in [3.05, 3.63) is 48.0 Å². The van der Waals surface area contributed by atoms with E-state index in [0.29, 0.717) is 17.3 Å². The molecular weight excluding hydrogens is 288 g/mol. The largest absolute Gasteiger partial charge is 0.484 e. The van der Waals surface area contributed by atoms with E-state index in [1.54, 1.807) is 48.6 Å². The lowest BCUT2D eigenvalue weighted by Crippen LogP contribution is -2.31. The molecule has 1 aromatic heterocycles. The van der Waals surface area contributed by atoms with E-state index in [-0.39, 0.29) is 12.5 Å². The van der Waals surface area contributed by atoms with Crippen LogP contribution in [0.2, 0.25) is 0 Å². The van der Waals surface area contributed by atoms with Crippen molar-refractivity contribution in [1.82, 2.24) is 14.9 Å². The highest BCUT2D eigenvalue weighted by Crippen LogP contribution is 2.12. The lowest BCUT2D eigenvalue weighted by Gasteiger charge is -2.16. The Bertz CT molecular complexity index is 610. The third-order valence-electron chi connectivity index (χ3n) is 2.87. The van der Waals surface area contributed by atoms with Crippen LogP contribution in [-0.4, -0.2) is 39.4 Å². The van der Waals surface area contributed by atoms with Crippen LogP contribution in [0.4, 0.5) is 0 Å². The predicted octanol–water partition coefficient (Wildman–Crippen LogP) is 1.08. The second-order valence-electron chi connectivity index (χ2n) is 4.46. The number of ether oxygens (including phenoxy) is 1. The molecule has 0 unspecified atom stereocenters. The monoisotopic (exact) mass is 304 g/mol. The van der Waals surface area contributed by atoms with Gasteiger partial charge in [0.25, 0.3) is 5.91 Å². The number of imidazole rings is 1. The molecule has 0 aliphatic heterocycles. The van der Waals surface area contributed by atoms with Crippen LogP contribution in [0.15, 0.2) is 36.7 Å². The molecule has 6 nitrogen and oxygen atoms in total. The molecule has 1 aromatic carbocycles. The molecule has 21 heavy (non-hydrogen) atoms. The summed E-state index contributed by atoms with van der Waals surface area (Å²) in [6.45, 7) is 0.374. The Morgan fingerprint density at radius 3 is 2.71 bits per heavy atom. The van der Waals surface area contributed by atoms with E-state index >= 15 is 0 Å². The average Bonchev–Trinajstić information content (AvgIpc) is 2.98. The van der Waals surface area contributed by atoms with Crippen LogP contribution in [-0.2, 0) is 11.3 Å². The van der Waals surface area contributed by atoms with Crippen LogP contribution in [0.1, 0.15) is 11.4 Å². The number of nitrogens with two attached hydrogens (primary N) is 1. The van der Waals surface area contributed by atoms with Crippen LogP contribution in [0, 0.1) is 0 Å². The first-order valence-corrected chi connectivity index (χ1v) is 6.72. The number of hydrogen-bond donors (Lipinski definition) is 2. The molecule has 0 aliphatic rings. The third kappa shape index (κ3) is 4.28. The quantitative estimate of drug-likeness (QED) is 0.780. The lowest BCUT2D eigenvalue weighted by atomic mass is 10.2. The number of rotatable bonds is 6. The molecule has 110 valence electrons. The van der Waals surface area contributed by atoms with Crippen molar-refractivity contribution in [2.45, 2.75) is 6.54 Å². The van der Waals surface area contributed by atoms with Crippen LogP contribution in [0.25, 0.3) is 0 Å². The molecule has 3 N–H and O–H groups in total. The summed E-state index contributed by atoms with van der Waals surface area (Å²) in [6, 6.07) is 6.98. The maximum absolute atomic E-state index is 11.9. The minimum atomic E-state index is -0.134. The normalized spacial score (nSPS) is 10.1. The Hall–Kier alpha value is -2.41. The molecule has 0 spiro atoms. The van der Waals surface area contributed by atoms with Crippen molar-refractivity contribution in [3.63, 3.8) is 0 Å². The van der Waals surface area contributed by atoms with Gasteiger partial charge in [-0.1, -0.05) is 12.2 Å². The van der Waals surface area contributed by atoms with E-state index < -0.39 is 0 Å². The SMILES string of the molecule is CN(Cc1ncc[nH]1)C(=O)COc1ccc(C(N)=S)cc1. The first-order valence-electron chi connectivity index (χ1n) is 6.31. The van der Waals surface area contributed by atoms with Crippen LogP contribution in [0.5, 0.6) is 5.75 Å². The number of aromatic amines is 1. The number of carbonyl (C=O) groups excluding carboxylic acids is 1. The number of aromatic nitrogens is 2. The molecule has 0 aliphatic carbocycles. The fraction of sp³-hybridized carbons (Fsp3) is 0.214. The summed E-state index contributed by atoms with van der Waals surface area (Å²) in [5.41, 5.74) is 6.27. The maximum atomic E-state index is 11.9. The highest BCUT2D eigenvalue weighted by Gasteiger charge is 2.11. The number of carbonyl (C=O) groups is 1. The van der Waals surface area contributed by atoms with Crippen molar-refractivity contribution >= 4 is 23.1 Å². The Morgan fingerprint density at radius 2 is 2.14 bits per heavy atom. The number of likely N-dealkylation sites (N-methyl/N-ethyl adjacent to an activating group) is 1. The Morgan fingerprint density at radius 1 is 1.43 bits per heavy atom. The van der Waals surface area contributed by atoms with Crippen molar-refractivity contribution < 1.29 is 9.53 Å². The molecule has 0 saturated carbocycles. The second kappa shape index (κ2) is 6.85. The van der Waals surface area contributed by atoms with Crippen LogP contribution in [0.3, 0.4) is 0 Å². The third-order valence-corrected chi connectivity index (χ3v) is 3.10. The summed E-state index contributed by atoms with van der Waals surface area (Å²) in [5, 5.41) is 0. The standard InChI is InChI=1S/C14H16N4O2S/c1-18(8-12-16-6-7-17-12)13(19)9-20-11-4-2-10(3-5-11)14(15)21/h2-7H,8-9H2,1H3,(H2,15,21)(H,16,17). The summed E-state index contributed by atoms with van der Waals surface area (Å²) >= 11 is 4.87. The topological polar surface area (TPSA) is 84.2 Å². The number of thiocarbonyl (C=S) groups is 1. The van der Waals surface area contributed by atoms with Crippen molar-refractivity contribution in [3.8, 4) is 5.75 Å². The fourth-order valence-corrected chi connectivity index (χ4v) is 1.80. The second-order valence-corrected chi connectivity index (χ2v) is 4.90. The summed E-state index contributed by atoms with van der Waals surface area (Å²) in [6.07, 6.45) is 3.36. The van der Waals surface area contributed by atoms with Gasteiger partial charge in [0, 0.05) is 25.0 Å². The van der Waals surface area contributed by atoms with Crippen molar-refractivity contribution in [1.29, 1.82) is 0 Å². The van der Waals surface area contributed by atoms with Gasteiger partial charge >= 0.3 is 0 Å². The number of benzene rings is 1. The number of hydrogen-bond acceptors (Lipinski definition) is 4. The first kappa shape index (κ1) is 15.0. The van der Waals surface area contributed by atoms with Gasteiger partial charge in [-0.25, -0.2) is 4.98 Å². The number of amides is 1. The average molecular weight is 304 g/mol. The lowest BCUT2D eigenvalue weighted by molar-refractivity contribution is -0.132. The van der Waals surface area contributed by atoms with Crippen LogP contribution >= 0.6 is 12.2 Å². The summed E-state index contributed by atoms with van der Waals surface area (Å²) < 4.78 is 5.44. The van der Waals surface area contributed by atoms with Gasteiger partial charge in [0.2, 0.25) is 0 Å². The van der Waals surface area contributed by atoms with Gasteiger partial charge < -0.3 is 20.4 Å². The molecule has 1 heterocycles. The maximum Gasteiger partial charge on any atom is 0.260 e. The fourth-order valence-electron chi connectivity index (χ4n) is 1.67. The van der Waals surface area contributed by atoms with Gasteiger partial charge in [-0.2, -0.15) is 0 Å². The van der Waals surface area contributed by atoms with E-state index in [2.05, 4.69) is 9.97 Å². The van der Waals surface area contributed by atoms with E-state index in [9.17, 15) is 4.79 Å². The molecule has 7 heteroatoms. The van der Waals surface area contributed by atoms with Gasteiger partial charge in [0.1, 0.15) is 16.6 Å². The van der Waals surface area contributed by atoms with E-state index in [4.69, 9.17) is 22.7 Å². The van der Waals surface area contributed by atoms with Gasteiger partial charge in [-0.05, 0) is 24.3 Å². The molecule has 0 bridgehead atoms. The summed E-state index contributed by atoms with van der Waals surface area (Å²) in [4.78, 5) is 20.8. The van der Waals surface area contributed by atoms with Crippen molar-refractivity contribution in [2.75, 3.05) is 13.7 Å². The van der Waals surface area contributed by atoms with Crippen molar-refractivity contribution in [2.24, 2.45) is 5.73 Å². The van der Waals surface area contributed by atoms with E-state index in [1.807, 2.05) is 0 Å². The zero-order valence-electron chi connectivity index (χ0n) is 11.6. The molecule has 0 fully saturated rings. The molecule has 0 saturated heterocycles. The number of nitrogens with one attached hydrogen (secondary N) is 1. The molecule has 2 aromatic rings. The van der Waals surface area contributed by atoms with Gasteiger partial charge in [0.05, 0.1) is 6.54 Å².